The fraction of sp³-hybridized carbons (Fsp3) is 0.167. The summed E-state index contributed by atoms with van der Waals surface area (Å²) in [4.78, 5) is 3.09. The highest BCUT2D eigenvalue weighted by Crippen LogP contribution is 2.21. The molecule has 0 spiro atoms. The Balaban J connectivity index is 2.15. The Kier molecular flexibility index (Phi) is 3.17. The maximum Gasteiger partial charge on any atom is 0.178 e. The Labute approximate surface area is 127 Å². The van der Waals surface area contributed by atoms with Crippen LogP contribution in [-0.2, 0) is 13.6 Å². The minimum Gasteiger partial charge on any atom is -0.331 e. The van der Waals surface area contributed by atoms with Crippen molar-refractivity contribution in [2.24, 2.45) is 7.05 Å². The molecule has 19 heavy (non-hydrogen) atoms. The van der Waals surface area contributed by atoms with Gasteiger partial charge in [-0.1, -0.05) is 0 Å². The molecule has 2 aromatic heterocycles. The number of imidazole rings is 1. The van der Waals surface area contributed by atoms with Crippen molar-refractivity contribution in [1.29, 1.82) is 0 Å². The van der Waals surface area contributed by atoms with Gasteiger partial charge >= 0.3 is 0 Å². The summed E-state index contributed by atoms with van der Waals surface area (Å²) in [6.07, 6.45) is 1.87. The van der Waals surface area contributed by atoms with Crippen LogP contribution in [0.3, 0.4) is 0 Å². The van der Waals surface area contributed by atoms with E-state index in [0.717, 1.165) is 16.7 Å². The van der Waals surface area contributed by atoms with Gasteiger partial charge in [-0.25, -0.2) is 4.39 Å². The van der Waals surface area contributed by atoms with Crippen LogP contribution >= 0.6 is 34.8 Å². The Morgan fingerprint density at radius 1 is 1.47 bits per heavy atom. The van der Waals surface area contributed by atoms with Crippen LogP contribution in [0.25, 0.3) is 11.0 Å². The molecule has 4 nitrogen and oxygen atoms in total. The molecule has 0 unspecified atom stereocenters. The van der Waals surface area contributed by atoms with Crippen molar-refractivity contribution in [3.05, 3.63) is 44.2 Å². The average molecular weight is 388 g/mol. The predicted molar refractivity (Wildman–Crippen MR) is 82.1 cm³/mol. The quantitative estimate of drug-likeness (QED) is 0.541. The summed E-state index contributed by atoms with van der Waals surface area (Å²) in [7, 11) is 1.86. The second-order valence-electron chi connectivity index (χ2n) is 4.28. The third-order valence-electron chi connectivity index (χ3n) is 2.91. The molecule has 0 amide bonds. The van der Waals surface area contributed by atoms with E-state index in [-0.39, 0.29) is 5.82 Å². The van der Waals surface area contributed by atoms with Crippen molar-refractivity contribution in [3.63, 3.8) is 0 Å². The van der Waals surface area contributed by atoms with Crippen molar-refractivity contribution >= 4 is 45.8 Å². The van der Waals surface area contributed by atoms with Crippen molar-refractivity contribution in [1.82, 2.24) is 19.3 Å². The normalized spacial score (nSPS) is 11.3. The van der Waals surface area contributed by atoms with E-state index in [2.05, 4.69) is 10.1 Å². The van der Waals surface area contributed by atoms with Crippen LogP contribution in [0.4, 0.5) is 4.39 Å². The fourth-order valence-electron chi connectivity index (χ4n) is 2.02. The molecule has 0 aliphatic heterocycles. The average Bonchev–Trinajstić information content (AvgIpc) is 2.87. The van der Waals surface area contributed by atoms with Gasteiger partial charge in [-0.15, -0.1) is 0 Å². The lowest BCUT2D eigenvalue weighted by molar-refractivity contribution is 0.620. The Morgan fingerprint density at radius 2 is 2.26 bits per heavy atom. The smallest absolute Gasteiger partial charge is 0.178 e. The van der Waals surface area contributed by atoms with Gasteiger partial charge < -0.3 is 9.55 Å². The van der Waals surface area contributed by atoms with Gasteiger partial charge in [0.25, 0.3) is 0 Å². The van der Waals surface area contributed by atoms with Crippen LogP contribution in [0.2, 0.25) is 0 Å². The monoisotopic (exact) mass is 388 g/mol. The van der Waals surface area contributed by atoms with Gasteiger partial charge in [0.05, 0.1) is 26.8 Å². The second kappa shape index (κ2) is 4.71. The van der Waals surface area contributed by atoms with Crippen LogP contribution < -0.4 is 0 Å². The third-order valence-corrected chi connectivity index (χ3v) is 4.05. The first-order valence-corrected chi connectivity index (χ1v) is 7.09. The molecule has 0 atom stereocenters. The number of nitrogens with one attached hydrogen (secondary N) is 1. The minimum absolute atomic E-state index is 0.239. The number of aryl methyl sites for hydroxylation is 1. The molecule has 3 rings (SSSR count). The zero-order chi connectivity index (χ0) is 13.6. The second-order valence-corrected chi connectivity index (χ2v) is 5.83. The lowest BCUT2D eigenvalue weighted by Crippen LogP contribution is -2.01. The standard InChI is InChI=1S/C12H10FIN4S/c1-17-3-2-7(16-17)6-18-11-4-8(13)9(14)5-10(11)15-12(18)19/h2-5H,6H2,1H3,(H,15,19). The van der Waals surface area contributed by atoms with Gasteiger partial charge in [-0.2, -0.15) is 5.10 Å². The maximum atomic E-state index is 13.7. The summed E-state index contributed by atoms with van der Waals surface area (Å²) < 4.78 is 18.4. The van der Waals surface area contributed by atoms with Crippen molar-refractivity contribution in [2.45, 2.75) is 6.54 Å². The zero-order valence-corrected chi connectivity index (χ0v) is 13.0. The first-order chi connectivity index (χ1) is 9.04. The lowest BCUT2D eigenvalue weighted by Gasteiger charge is -2.02. The van der Waals surface area contributed by atoms with Crippen molar-refractivity contribution in [2.75, 3.05) is 0 Å². The predicted octanol–water partition coefficient (Wildman–Crippen LogP) is 3.22. The van der Waals surface area contributed by atoms with E-state index in [9.17, 15) is 4.39 Å². The molecule has 7 heteroatoms. The van der Waals surface area contributed by atoms with Gasteiger partial charge in [0.1, 0.15) is 5.82 Å². The maximum absolute atomic E-state index is 13.7. The number of hydrogen-bond donors (Lipinski definition) is 1. The number of fused-ring (bicyclic) bond motifs is 1. The molecular weight excluding hydrogens is 378 g/mol. The number of H-pyrrole nitrogens is 1. The molecule has 0 aliphatic rings. The zero-order valence-electron chi connectivity index (χ0n) is 10.0. The van der Waals surface area contributed by atoms with Crippen LogP contribution in [0, 0.1) is 14.2 Å². The molecule has 0 saturated carbocycles. The molecule has 98 valence electrons. The molecule has 0 radical (unpaired) electrons. The van der Waals surface area contributed by atoms with E-state index in [1.54, 1.807) is 10.7 Å². The number of nitrogens with zero attached hydrogens (tertiary/aromatic N) is 3. The molecule has 3 aromatic rings. The summed E-state index contributed by atoms with van der Waals surface area (Å²) in [6, 6.07) is 5.19. The topological polar surface area (TPSA) is 38.5 Å². The van der Waals surface area contributed by atoms with Crippen molar-refractivity contribution < 1.29 is 4.39 Å². The molecule has 1 N–H and O–H groups in total. The fourth-order valence-corrected chi connectivity index (χ4v) is 2.76. The van der Waals surface area contributed by atoms with E-state index in [1.807, 2.05) is 46.5 Å². The SMILES string of the molecule is Cn1ccc(Cn2c(=S)[nH]c3cc(I)c(F)cc32)n1. The van der Waals surface area contributed by atoms with Gasteiger partial charge in [0.15, 0.2) is 4.77 Å². The molecular formula is C12H10FIN4S. The molecule has 0 bridgehead atoms. The lowest BCUT2D eigenvalue weighted by atomic mass is 10.3. The van der Waals surface area contributed by atoms with Crippen LogP contribution in [0.1, 0.15) is 5.69 Å². The Bertz CT molecular complexity index is 817. The van der Waals surface area contributed by atoms with Crippen LogP contribution in [0.5, 0.6) is 0 Å². The summed E-state index contributed by atoms with van der Waals surface area (Å²) in [5.41, 5.74) is 2.48. The first-order valence-electron chi connectivity index (χ1n) is 5.60. The first kappa shape index (κ1) is 12.8. The number of aromatic amines is 1. The highest BCUT2D eigenvalue weighted by atomic mass is 127. The van der Waals surface area contributed by atoms with Gasteiger partial charge in [-0.05, 0) is 46.9 Å². The number of aromatic nitrogens is 4. The van der Waals surface area contributed by atoms with E-state index in [1.165, 1.54) is 6.07 Å². The minimum atomic E-state index is -0.239. The summed E-state index contributed by atoms with van der Waals surface area (Å²) >= 11 is 7.26. The van der Waals surface area contributed by atoms with Crippen LogP contribution in [0.15, 0.2) is 24.4 Å². The van der Waals surface area contributed by atoms with E-state index >= 15 is 0 Å². The van der Waals surface area contributed by atoms with E-state index < -0.39 is 0 Å². The van der Waals surface area contributed by atoms with E-state index in [0.29, 0.717) is 14.9 Å². The summed E-state index contributed by atoms with van der Waals surface area (Å²) in [5, 5.41) is 4.31. The number of benzene rings is 1. The number of hydrogen-bond acceptors (Lipinski definition) is 2. The van der Waals surface area contributed by atoms with Gasteiger partial charge in [0, 0.05) is 19.3 Å². The van der Waals surface area contributed by atoms with Gasteiger partial charge in [-0.3, -0.25) is 4.68 Å². The molecule has 0 fully saturated rings. The number of rotatable bonds is 2. The Morgan fingerprint density at radius 3 is 2.95 bits per heavy atom. The highest BCUT2D eigenvalue weighted by molar-refractivity contribution is 14.1. The Hall–Kier alpha value is -1.22. The molecule has 0 aliphatic carbocycles. The molecule has 2 heterocycles. The molecule has 1 aromatic carbocycles. The van der Waals surface area contributed by atoms with E-state index in [4.69, 9.17) is 12.2 Å². The third kappa shape index (κ3) is 2.32. The van der Waals surface area contributed by atoms with Gasteiger partial charge in [0.2, 0.25) is 0 Å². The van der Waals surface area contributed by atoms with Crippen molar-refractivity contribution in [3.8, 4) is 0 Å². The summed E-state index contributed by atoms with van der Waals surface area (Å²) in [5.74, 6) is -0.239. The highest BCUT2D eigenvalue weighted by Gasteiger charge is 2.10. The largest absolute Gasteiger partial charge is 0.331 e. The van der Waals surface area contributed by atoms with Crippen LogP contribution in [-0.4, -0.2) is 19.3 Å². The summed E-state index contributed by atoms with van der Waals surface area (Å²) in [6.45, 7) is 0.527. The number of halogens is 2. The molecule has 0 saturated heterocycles.